The molecule has 10 rings (SSSR count). The number of imidazole rings is 1. The van der Waals surface area contributed by atoms with Gasteiger partial charge in [0.15, 0.2) is 0 Å². The number of benzene rings is 7. The van der Waals surface area contributed by atoms with E-state index in [1.54, 1.807) is 12.1 Å². The first-order valence-corrected chi connectivity index (χ1v) is 25.6. The maximum absolute atomic E-state index is 9.38. The number of fused-ring (bicyclic) bond motifs is 4. The molecule has 0 unspecified atom stereocenters. The summed E-state index contributed by atoms with van der Waals surface area (Å²) >= 11 is 0. The summed E-state index contributed by atoms with van der Waals surface area (Å²) in [7, 11) is 0. The second-order valence-corrected chi connectivity index (χ2v) is 21.3. The van der Waals surface area contributed by atoms with E-state index in [-0.39, 0.29) is 26.5 Å². The van der Waals surface area contributed by atoms with Gasteiger partial charge in [-0.25, -0.2) is 4.98 Å². The molecule has 6 heteroatoms. The third-order valence-corrected chi connectivity index (χ3v) is 12.7. The second kappa shape index (κ2) is 21.7. The maximum atomic E-state index is 9.38. The SMILES string of the molecule is [2H]C([2H])(c1cc(-c2cccc(-c3cc(C([2H])([2H])C(C)C)cc(C([2H])([2H])C(C)C)c3)c2-[n+]2[c-]n(-c3[c-]c(Oc4[c-]c5c(cc4)c4ccccc4n5-c4cc(C(C)(C)C)ccn4)ccc3)c3ccccc32)cc(C([2H])([2H])C(C)C)c1)C(C)C.[Pt]. The third-order valence-electron chi connectivity index (χ3n) is 12.7. The predicted molar refractivity (Wildman–Crippen MR) is 304 cm³/mol. The molecule has 0 bridgehead atoms. The maximum Gasteiger partial charge on any atom is 0.268 e. The number of aromatic nitrogens is 4. The van der Waals surface area contributed by atoms with E-state index in [2.05, 4.69) is 74.1 Å². The van der Waals surface area contributed by atoms with Crippen LogP contribution in [-0.4, -0.2) is 14.1 Å². The first-order valence-electron chi connectivity index (χ1n) is 29.6. The number of rotatable bonds is 15. The number of pyridine rings is 1. The van der Waals surface area contributed by atoms with E-state index in [4.69, 9.17) is 9.72 Å². The van der Waals surface area contributed by atoms with Crippen LogP contribution >= 0.6 is 0 Å². The van der Waals surface area contributed by atoms with E-state index in [1.807, 2.05) is 174 Å². The minimum absolute atomic E-state index is 0. The van der Waals surface area contributed by atoms with Gasteiger partial charge >= 0.3 is 0 Å². The summed E-state index contributed by atoms with van der Waals surface area (Å²) in [5.74, 6) is -0.0693. The van der Waals surface area contributed by atoms with Gasteiger partial charge in [-0.15, -0.1) is 29.7 Å². The zero-order chi connectivity index (χ0) is 58.3. The predicted octanol–water partition coefficient (Wildman–Crippen LogP) is 17.0. The molecule has 0 saturated carbocycles. The molecule has 0 aliphatic heterocycles. The average Bonchev–Trinajstić information content (AvgIpc) is 4.01. The minimum Gasteiger partial charge on any atom is -0.510 e. The normalized spacial score (nSPS) is 14.4. The molecule has 74 heavy (non-hydrogen) atoms. The van der Waals surface area contributed by atoms with Crippen LogP contribution in [0.3, 0.4) is 0 Å². The summed E-state index contributed by atoms with van der Waals surface area (Å²) in [4.78, 5) is 4.85. The summed E-state index contributed by atoms with van der Waals surface area (Å²) in [6.45, 7) is 21.2. The smallest absolute Gasteiger partial charge is 0.268 e. The summed E-state index contributed by atoms with van der Waals surface area (Å²) < 4.78 is 87.7. The largest absolute Gasteiger partial charge is 0.510 e. The van der Waals surface area contributed by atoms with E-state index in [0.717, 1.165) is 44.2 Å². The third kappa shape index (κ3) is 11.1. The summed E-state index contributed by atoms with van der Waals surface area (Å²) in [5, 5.41) is 2.08. The van der Waals surface area contributed by atoms with Crippen LogP contribution in [0.5, 0.6) is 11.5 Å². The second-order valence-electron chi connectivity index (χ2n) is 21.3. The molecule has 7 aromatic carbocycles. The van der Waals surface area contributed by atoms with Crippen LogP contribution in [0.25, 0.3) is 72.3 Å². The molecule has 0 N–H and O–H groups in total. The average molecular weight is 1160 g/mol. The molecule has 0 aliphatic carbocycles. The zero-order valence-corrected chi connectivity index (χ0v) is 46.5. The Morgan fingerprint density at radius 3 is 1.69 bits per heavy atom. The molecule has 0 fully saturated rings. The van der Waals surface area contributed by atoms with Crippen LogP contribution in [0.2, 0.25) is 0 Å². The molecule has 10 aromatic rings. The van der Waals surface area contributed by atoms with Gasteiger partial charge in [0.25, 0.3) is 6.33 Å². The minimum atomic E-state index is -1.83. The van der Waals surface area contributed by atoms with Crippen molar-refractivity contribution in [1.82, 2.24) is 14.1 Å². The Morgan fingerprint density at radius 2 is 1.11 bits per heavy atom. The van der Waals surface area contributed by atoms with E-state index >= 15 is 0 Å². The fourth-order valence-electron chi connectivity index (χ4n) is 9.81. The van der Waals surface area contributed by atoms with Crippen LogP contribution in [0.1, 0.15) is 115 Å². The van der Waals surface area contributed by atoms with Gasteiger partial charge in [-0.05, 0) is 134 Å². The Balaban J connectivity index is 0.00000810. The number of ether oxygens (including phenoxy) is 1. The molecule has 0 aliphatic rings. The molecule has 0 radical (unpaired) electrons. The van der Waals surface area contributed by atoms with Gasteiger partial charge in [0, 0.05) is 55.2 Å². The number of para-hydroxylation sites is 4. The monoisotopic (exact) mass is 1160 g/mol. The molecule has 0 saturated heterocycles. The Hall–Kier alpha value is -6.55. The van der Waals surface area contributed by atoms with Crippen molar-refractivity contribution in [3.8, 4) is 50.9 Å². The Morgan fingerprint density at radius 1 is 0.568 bits per heavy atom. The number of hydrogen-bond acceptors (Lipinski definition) is 2. The molecule has 0 amide bonds. The molecule has 0 atom stereocenters. The first-order chi connectivity index (χ1) is 38.1. The summed E-state index contributed by atoms with van der Waals surface area (Å²) in [6.07, 6.45) is -1.78. The van der Waals surface area contributed by atoms with Crippen molar-refractivity contribution in [2.75, 3.05) is 0 Å². The molecule has 3 heterocycles. The van der Waals surface area contributed by atoms with Crippen molar-refractivity contribution in [3.63, 3.8) is 0 Å². The van der Waals surface area contributed by atoms with E-state index in [1.165, 1.54) is 0 Å². The molecule has 3 aromatic heterocycles. The molecule has 0 spiro atoms. The van der Waals surface area contributed by atoms with Crippen molar-refractivity contribution >= 4 is 32.8 Å². The Bertz CT molecular complexity index is 3840. The van der Waals surface area contributed by atoms with Crippen LogP contribution in [-0.2, 0) is 52.0 Å². The van der Waals surface area contributed by atoms with Crippen molar-refractivity contribution in [2.24, 2.45) is 23.7 Å². The standard InChI is InChI=1S/C68H70N4O.Pt/c1-44(2)30-48-34-49(31-45(3)4)37-52(36-48)58-21-17-22-59(53-38-50(32-46(5)6)35-51(39-53)33-47(7)8)67(58)71-43-70(63-24-14-15-25-64(63)71)55-18-16-19-56(41-55)73-57-26-27-61-60-20-12-13-23-62(60)72(65(61)42-57)66-40-54(28-29-69-66)68(9,10)11;/h12-29,34-40,44-47H,30-33H2,1-11H3;/q-2;/i30D2,31D2,32D2,33D2;. The zero-order valence-electron chi connectivity index (χ0n) is 52.3. The number of nitrogens with zero attached hydrogens (tertiary/aromatic N) is 4. The van der Waals surface area contributed by atoms with Gasteiger partial charge in [0.05, 0.1) is 16.7 Å². The van der Waals surface area contributed by atoms with Crippen LogP contribution in [0.15, 0.2) is 152 Å². The quantitative estimate of drug-likeness (QED) is 0.0757. The summed E-state index contributed by atoms with van der Waals surface area (Å²) in [6, 6.07) is 53.5. The molecular formula is C68H70N4OPt-2. The van der Waals surface area contributed by atoms with Gasteiger partial charge in [-0.2, -0.15) is 18.2 Å². The van der Waals surface area contributed by atoms with Crippen molar-refractivity contribution < 1.29 is 41.3 Å². The van der Waals surface area contributed by atoms with Crippen molar-refractivity contribution in [2.45, 2.75) is 107 Å². The number of hydrogen-bond donors (Lipinski definition) is 0. The van der Waals surface area contributed by atoms with Crippen LogP contribution in [0.4, 0.5) is 0 Å². The van der Waals surface area contributed by atoms with Gasteiger partial charge in [0.1, 0.15) is 5.82 Å². The van der Waals surface area contributed by atoms with E-state index < -0.39 is 49.2 Å². The van der Waals surface area contributed by atoms with Gasteiger partial charge in [0.2, 0.25) is 0 Å². The fourth-order valence-corrected chi connectivity index (χ4v) is 9.81. The van der Waals surface area contributed by atoms with E-state index in [0.29, 0.717) is 67.4 Å². The van der Waals surface area contributed by atoms with Gasteiger partial charge in [-0.1, -0.05) is 179 Å². The molecular weight excluding hydrogens is 1080 g/mol. The molecule has 380 valence electrons. The van der Waals surface area contributed by atoms with Gasteiger partial charge in [-0.3, -0.25) is 4.57 Å². The van der Waals surface area contributed by atoms with Crippen LogP contribution < -0.4 is 9.30 Å². The Kier molecular flexibility index (Phi) is 12.6. The fraction of sp³-hybridized carbons (Fsp3) is 0.294. The Labute approximate surface area is 465 Å². The molecule has 5 nitrogen and oxygen atoms in total. The summed E-state index contributed by atoms with van der Waals surface area (Å²) in [5.41, 5.74) is 9.39. The topological polar surface area (TPSA) is 35.9 Å². The van der Waals surface area contributed by atoms with Crippen LogP contribution in [0, 0.1) is 42.1 Å². The van der Waals surface area contributed by atoms with Crippen molar-refractivity contribution in [1.29, 1.82) is 0 Å². The van der Waals surface area contributed by atoms with Crippen molar-refractivity contribution in [3.05, 3.63) is 198 Å². The van der Waals surface area contributed by atoms with E-state index in [9.17, 15) is 11.0 Å². The first kappa shape index (κ1) is 42.8. The van der Waals surface area contributed by atoms with Gasteiger partial charge < -0.3 is 13.9 Å².